The first-order chi connectivity index (χ1) is 9.58. The zero-order valence-corrected chi connectivity index (χ0v) is 12.2. The summed E-state index contributed by atoms with van der Waals surface area (Å²) in [6.07, 6.45) is -0.399. The molecule has 0 spiro atoms. The molecule has 0 radical (unpaired) electrons. The van der Waals surface area contributed by atoms with E-state index in [0.717, 1.165) is 0 Å². The average Bonchev–Trinajstić information content (AvgIpc) is 2.48. The van der Waals surface area contributed by atoms with E-state index in [9.17, 15) is 9.59 Å². The van der Waals surface area contributed by atoms with Gasteiger partial charge in [-0.1, -0.05) is 18.2 Å². The maximum atomic E-state index is 12.2. The monoisotopic (exact) mass is 279 g/mol. The number of carbonyl (C=O) groups excluding carboxylic acids is 2. The Hall–Kier alpha value is -2.04. The van der Waals surface area contributed by atoms with Crippen molar-refractivity contribution < 1.29 is 19.1 Å². The molecular formula is C15H21NO4. The van der Waals surface area contributed by atoms with E-state index in [1.54, 1.807) is 24.0 Å². The average molecular weight is 279 g/mol. The number of ether oxygens (including phenoxy) is 2. The first-order valence-electron chi connectivity index (χ1n) is 6.65. The number of rotatable bonds is 7. The van der Waals surface area contributed by atoms with Gasteiger partial charge < -0.3 is 14.4 Å². The molecule has 5 nitrogen and oxygen atoms in total. The summed E-state index contributed by atoms with van der Waals surface area (Å²) in [6.45, 7) is 4.43. The quantitative estimate of drug-likeness (QED) is 0.715. The molecular weight excluding hydrogens is 258 g/mol. The van der Waals surface area contributed by atoms with Crippen molar-refractivity contribution >= 4 is 11.9 Å². The summed E-state index contributed by atoms with van der Waals surface area (Å²) in [4.78, 5) is 24.9. The summed E-state index contributed by atoms with van der Waals surface area (Å²) in [7, 11) is 1.33. The minimum absolute atomic E-state index is 0.139. The van der Waals surface area contributed by atoms with Crippen LogP contribution in [0.3, 0.4) is 0 Å². The molecule has 0 aliphatic carbocycles. The highest BCUT2D eigenvalue weighted by molar-refractivity contribution is 5.81. The number of hydrogen-bond donors (Lipinski definition) is 0. The maximum absolute atomic E-state index is 12.2. The zero-order valence-electron chi connectivity index (χ0n) is 12.2. The van der Waals surface area contributed by atoms with Crippen LogP contribution < -0.4 is 4.74 Å². The summed E-state index contributed by atoms with van der Waals surface area (Å²) in [6, 6.07) is 9.18. The maximum Gasteiger partial charge on any atom is 0.307 e. The van der Waals surface area contributed by atoms with Crippen molar-refractivity contribution in [3.05, 3.63) is 30.3 Å². The van der Waals surface area contributed by atoms with Crippen LogP contribution in [0.2, 0.25) is 0 Å². The lowest BCUT2D eigenvalue weighted by Gasteiger charge is -2.24. The summed E-state index contributed by atoms with van der Waals surface area (Å²) < 4.78 is 10.2. The topological polar surface area (TPSA) is 55.8 Å². The normalized spacial score (nSPS) is 11.6. The number of esters is 1. The fraction of sp³-hybridized carbons (Fsp3) is 0.467. The molecule has 1 amide bonds. The van der Waals surface area contributed by atoms with Crippen LogP contribution in [0.4, 0.5) is 0 Å². The summed E-state index contributed by atoms with van der Waals surface area (Å²) in [5.74, 6) is 0.186. The Balaban J connectivity index is 2.54. The van der Waals surface area contributed by atoms with Gasteiger partial charge in [0.1, 0.15) is 5.75 Å². The minimum atomic E-state index is -0.588. The molecule has 5 heteroatoms. The van der Waals surface area contributed by atoms with E-state index < -0.39 is 6.10 Å². The Bertz CT molecular complexity index is 433. The highest BCUT2D eigenvalue weighted by Gasteiger charge is 2.21. The smallest absolute Gasteiger partial charge is 0.307 e. The van der Waals surface area contributed by atoms with Gasteiger partial charge in [-0.05, 0) is 26.0 Å². The van der Waals surface area contributed by atoms with E-state index in [1.807, 2.05) is 25.1 Å². The van der Waals surface area contributed by atoms with Crippen molar-refractivity contribution in [1.82, 2.24) is 4.90 Å². The molecule has 1 aromatic rings. The van der Waals surface area contributed by atoms with E-state index in [4.69, 9.17) is 4.74 Å². The fourth-order valence-electron chi connectivity index (χ4n) is 1.76. The summed E-state index contributed by atoms with van der Waals surface area (Å²) in [5, 5.41) is 0. The Morgan fingerprint density at radius 3 is 2.45 bits per heavy atom. The molecule has 0 bridgehead atoms. The van der Waals surface area contributed by atoms with Gasteiger partial charge >= 0.3 is 5.97 Å². The molecule has 0 aliphatic rings. The van der Waals surface area contributed by atoms with Crippen LogP contribution >= 0.6 is 0 Å². The SMILES string of the molecule is CCN(CCC(=O)OC)C(=O)C(C)Oc1ccccc1. The van der Waals surface area contributed by atoms with E-state index in [0.29, 0.717) is 18.8 Å². The van der Waals surface area contributed by atoms with Crippen molar-refractivity contribution in [3.63, 3.8) is 0 Å². The van der Waals surface area contributed by atoms with Crippen LogP contribution in [0.15, 0.2) is 30.3 Å². The number of hydrogen-bond acceptors (Lipinski definition) is 4. The Labute approximate surface area is 119 Å². The van der Waals surface area contributed by atoms with Gasteiger partial charge in [0.2, 0.25) is 0 Å². The molecule has 0 fully saturated rings. The van der Waals surface area contributed by atoms with Crippen molar-refractivity contribution in [2.45, 2.75) is 26.4 Å². The number of methoxy groups -OCH3 is 1. The first kappa shape index (κ1) is 16.0. The van der Waals surface area contributed by atoms with Crippen LogP contribution in [0, 0.1) is 0 Å². The van der Waals surface area contributed by atoms with Crippen LogP contribution in [-0.4, -0.2) is 43.1 Å². The molecule has 1 unspecified atom stereocenters. The van der Waals surface area contributed by atoms with Gasteiger partial charge in [0.25, 0.3) is 5.91 Å². The lowest BCUT2D eigenvalue weighted by atomic mass is 10.3. The van der Waals surface area contributed by atoms with Gasteiger partial charge in [-0.3, -0.25) is 9.59 Å². The zero-order chi connectivity index (χ0) is 15.0. The number of benzene rings is 1. The Morgan fingerprint density at radius 2 is 1.90 bits per heavy atom. The van der Waals surface area contributed by atoms with E-state index in [1.165, 1.54) is 7.11 Å². The molecule has 0 heterocycles. The number of para-hydroxylation sites is 1. The van der Waals surface area contributed by atoms with Gasteiger partial charge in [-0.15, -0.1) is 0 Å². The first-order valence-corrected chi connectivity index (χ1v) is 6.65. The van der Waals surface area contributed by atoms with Crippen LogP contribution in [0.5, 0.6) is 5.75 Å². The van der Waals surface area contributed by atoms with Crippen molar-refractivity contribution in [1.29, 1.82) is 0 Å². The van der Waals surface area contributed by atoms with Crippen molar-refractivity contribution in [3.8, 4) is 5.75 Å². The van der Waals surface area contributed by atoms with Gasteiger partial charge in [0.05, 0.1) is 13.5 Å². The number of nitrogens with zero attached hydrogens (tertiary/aromatic N) is 1. The molecule has 0 aromatic heterocycles. The van der Waals surface area contributed by atoms with Gasteiger partial charge in [-0.25, -0.2) is 0 Å². The lowest BCUT2D eigenvalue weighted by molar-refractivity contribution is -0.143. The molecule has 0 saturated heterocycles. The third-order valence-electron chi connectivity index (χ3n) is 2.91. The molecule has 1 rings (SSSR count). The highest BCUT2D eigenvalue weighted by atomic mass is 16.5. The van der Waals surface area contributed by atoms with Gasteiger partial charge in [0, 0.05) is 13.1 Å². The lowest BCUT2D eigenvalue weighted by Crippen LogP contribution is -2.41. The third-order valence-corrected chi connectivity index (χ3v) is 2.91. The summed E-state index contributed by atoms with van der Waals surface area (Å²) in [5.41, 5.74) is 0. The van der Waals surface area contributed by atoms with Gasteiger partial charge in [0.15, 0.2) is 6.10 Å². The predicted molar refractivity (Wildman–Crippen MR) is 75.4 cm³/mol. The number of amides is 1. The second kappa shape index (κ2) is 8.19. The van der Waals surface area contributed by atoms with E-state index in [2.05, 4.69) is 4.74 Å². The molecule has 0 aliphatic heterocycles. The Kier molecular flexibility index (Phi) is 6.56. The molecule has 1 aromatic carbocycles. The number of carbonyl (C=O) groups is 2. The van der Waals surface area contributed by atoms with Crippen LogP contribution in [-0.2, 0) is 14.3 Å². The minimum Gasteiger partial charge on any atom is -0.481 e. The van der Waals surface area contributed by atoms with Crippen molar-refractivity contribution in [2.24, 2.45) is 0 Å². The fourth-order valence-corrected chi connectivity index (χ4v) is 1.76. The second-order valence-electron chi connectivity index (χ2n) is 4.32. The van der Waals surface area contributed by atoms with Gasteiger partial charge in [-0.2, -0.15) is 0 Å². The molecule has 20 heavy (non-hydrogen) atoms. The van der Waals surface area contributed by atoms with Crippen LogP contribution in [0.1, 0.15) is 20.3 Å². The molecule has 110 valence electrons. The van der Waals surface area contributed by atoms with E-state index >= 15 is 0 Å². The third kappa shape index (κ3) is 4.91. The molecule has 0 N–H and O–H groups in total. The predicted octanol–water partition coefficient (Wildman–Crippen LogP) is 1.87. The van der Waals surface area contributed by atoms with Crippen molar-refractivity contribution in [2.75, 3.05) is 20.2 Å². The van der Waals surface area contributed by atoms with E-state index in [-0.39, 0.29) is 18.3 Å². The second-order valence-corrected chi connectivity index (χ2v) is 4.32. The number of likely N-dealkylation sites (N-methyl/N-ethyl adjacent to an activating group) is 1. The Morgan fingerprint density at radius 1 is 1.25 bits per heavy atom. The molecule has 1 atom stereocenters. The standard InChI is InChI=1S/C15H21NO4/c1-4-16(11-10-14(17)19-3)15(18)12(2)20-13-8-6-5-7-9-13/h5-9,12H,4,10-11H2,1-3H3. The summed E-state index contributed by atoms with van der Waals surface area (Å²) >= 11 is 0. The largest absolute Gasteiger partial charge is 0.481 e. The highest BCUT2D eigenvalue weighted by Crippen LogP contribution is 2.12. The van der Waals surface area contributed by atoms with Crippen LogP contribution in [0.25, 0.3) is 0 Å². The molecule has 0 saturated carbocycles.